The second-order valence-electron chi connectivity index (χ2n) is 8.15. The van der Waals surface area contributed by atoms with Gasteiger partial charge in [-0.3, -0.25) is 0 Å². The second kappa shape index (κ2) is 9.77. The van der Waals surface area contributed by atoms with Crippen LogP contribution in [-0.4, -0.2) is 50.5 Å². The number of carbonyl (C=O) groups excluding carboxylic acids is 2. The first-order valence-electron chi connectivity index (χ1n) is 10.3. The van der Waals surface area contributed by atoms with Crippen molar-refractivity contribution in [3.05, 3.63) is 48.0 Å². The Bertz CT molecular complexity index is 1160. The van der Waals surface area contributed by atoms with Crippen molar-refractivity contribution in [2.24, 2.45) is 0 Å². The lowest BCUT2D eigenvalue weighted by Gasteiger charge is -2.19. The summed E-state index contributed by atoms with van der Waals surface area (Å²) in [5.41, 5.74) is 1.33. The van der Waals surface area contributed by atoms with Crippen molar-refractivity contribution in [3.8, 4) is 28.5 Å². The van der Waals surface area contributed by atoms with Gasteiger partial charge in [-0.25, -0.2) is 14.6 Å². The fraction of sp³-hybridized carbons (Fsp3) is 0.320. The Labute approximate surface area is 192 Å². The average molecular weight is 453 g/mol. The van der Waals surface area contributed by atoms with E-state index < -0.39 is 24.1 Å². The van der Waals surface area contributed by atoms with Crippen LogP contribution in [-0.2, 0) is 14.3 Å². The first-order valence-corrected chi connectivity index (χ1v) is 10.3. The molecule has 33 heavy (non-hydrogen) atoms. The van der Waals surface area contributed by atoms with E-state index in [9.17, 15) is 9.59 Å². The quantitative estimate of drug-likeness (QED) is 0.485. The highest BCUT2D eigenvalue weighted by atomic mass is 16.6. The number of hydrogen-bond acceptors (Lipinski definition) is 8. The van der Waals surface area contributed by atoms with E-state index in [-0.39, 0.29) is 5.56 Å². The van der Waals surface area contributed by atoms with E-state index in [2.05, 4.69) is 4.98 Å². The van der Waals surface area contributed by atoms with Gasteiger partial charge in [0, 0.05) is 10.9 Å². The van der Waals surface area contributed by atoms with Crippen LogP contribution in [0.5, 0.6) is 17.2 Å². The maximum Gasteiger partial charge on any atom is 0.344 e. The third-order valence-corrected chi connectivity index (χ3v) is 4.64. The summed E-state index contributed by atoms with van der Waals surface area (Å²) in [6.07, 6.45) is 0. The number of carbonyl (C=O) groups is 2. The average Bonchev–Trinajstić information content (AvgIpc) is 2.79. The summed E-state index contributed by atoms with van der Waals surface area (Å²) in [5, 5.41) is 0.600. The highest BCUT2D eigenvalue weighted by Crippen LogP contribution is 2.41. The molecule has 0 spiro atoms. The number of para-hydroxylation sites is 1. The van der Waals surface area contributed by atoms with Crippen LogP contribution in [0.3, 0.4) is 0 Å². The SMILES string of the molecule is COc1cc(-c2cc(C(=O)OCC(=O)OC(C)(C)C)c3ccccc3n2)cc(OC)c1OC. The number of esters is 2. The van der Waals surface area contributed by atoms with Gasteiger partial charge in [0.15, 0.2) is 18.1 Å². The molecule has 174 valence electrons. The summed E-state index contributed by atoms with van der Waals surface area (Å²) in [6, 6.07) is 12.3. The first-order chi connectivity index (χ1) is 15.7. The normalized spacial score (nSPS) is 11.1. The predicted octanol–water partition coefficient (Wildman–Crippen LogP) is 4.43. The van der Waals surface area contributed by atoms with Gasteiger partial charge in [-0.1, -0.05) is 18.2 Å². The number of aromatic nitrogens is 1. The van der Waals surface area contributed by atoms with Crippen LogP contribution < -0.4 is 14.2 Å². The Kier molecular flexibility index (Phi) is 7.06. The maximum atomic E-state index is 12.9. The molecule has 0 saturated carbocycles. The lowest BCUT2D eigenvalue weighted by Crippen LogP contribution is -2.27. The van der Waals surface area contributed by atoms with Crippen molar-refractivity contribution in [1.82, 2.24) is 4.98 Å². The molecule has 0 fully saturated rings. The molecule has 0 bridgehead atoms. The Morgan fingerprint density at radius 1 is 0.909 bits per heavy atom. The minimum atomic E-state index is -0.674. The summed E-state index contributed by atoms with van der Waals surface area (Å²) >= 11 is 0. The Balaban J connectivity index is 2.03. The molecule has 3 aromatic rings. The fourth-order valence-corrected chi connectivity index (χ4v) is 3.29. The molecule has 8 heteroatoms. The first kappa shape index (κ1) is 23.8. The lowest BCUT2D eigenvalue weighted by atomic mass is 10.0. The monoisotopic (exact) mass is 453 g/mol. The van der Waals surface area contributed by atoms with Crippen LogP contribution in [0, 0.1) is 0 Å². The minimum Gasteiger partial charge on any atom is -0.493 e. The topological polar surface area (TPSA) is 93.2 Å². The molecular weight excluding hydrogens is 426 g/mol. The standard InChI is InChI=1S/C25H27NO7/c1-25(2,3)33-22(27)14-32-24(28)17-13-19(26-18-10-8-7-9-16(17)18)15-11-20(29-4)23(31-6)21(12-15)30-5/h7-13H,14H2,1-6H3. The van der Waals surface area contributed by atoms with Crippen LogP contribution in [0.15, 0.2) is 42.5 Å². The summed E-state index contributed by atoms with van der Waals surface area (Å²) in [4.78, 5) is 29.6. The molecule has 3 rings (SSSR count). The number of nitrogens with zero attached hydrogens (tertiary/aromatic N) is 1. The number of ether oxygens (including phenoxy) is 5. The molecule has 0 N–H and O–H groups in total. The molecule has 8 nitrogen and oxygen atoms in total. The summed E-state index contributed by atoms with van der Waals surface area (Å²) in [6.45, 7) is 4.73. The van der Waals surface area contributed by atoms with Gasteiger partial charge in [0.05, 0.1) is 38.1 Å². The summed E-state index contributed by atoms with van der Waals surface area (Å²) in [7, 11) is 4.57. The lowest BCUT2D eigenvalue weighted by molar-refractivity contribution is -0.158. The van der Waals surface area contributed by atoms with Gasteiger partial charge in [-0.2, -0.15) is 0 Å². The molecule has 1 aromatic heterocycles. The van der Waals surface area contributed by atoms with E-state index in [1.165, 1.54) is 21.3 Å². The van der Waals surface area contributed by atoms with Crippen molar-refractivity contribution in [1.29, 1.82) is 0 Å². The molecule has 1 heterocycles. The smallest absolute Gasteiger partial charge is 0.344 e. The number of methoxy groups -OCH3 is 3. The predicted molar refractivity (Wildman–Crippen MR) is 123 cm³/mol. The fourth-order valence-electron chi connectivity index (χ4n) is 3.29. The summed E-state index contributed by atoms with van der Waals surface area (Å²) in [5.74, 6) is 0.0699. The van der Waals surface area contributed by atoms with Crippen molar-refractivity contribution in [2.45, 2.75) is 26.4 Å². The number of fused-ring (bicyclic) bond motifs is 1. The van der Waals surface area contributed by atoms with E-state index in [0.717, 1.165) is 0 Å². The van der Waals surface area contributed by atoms with Gasteiger partial charge in [0.1, 0.15) is 5.60 Å². The van der Waals surface area contributed by atoms with Gasteiger partial charge in [-0.05, 0) is 45.0 Å². The van der Waals surface area contributed by atoms with Gasteiger partial charge in [0.2, 0.25) is 5.75 Å². The largest absolute Gasteiger partial charge is 0.493 e. The number of rotatable bonds is 7. The zero-order chi connectivity index (χ0) is 24.2. The highest BCUT2D eigenvalue weighted by Gasteiger charge is 2.21. The highest BCUT2D eigenvalue weighted by molar-refractivity contribution is 6.05. The van der Waals surface area contributed by atoms with Crippen LogP contribution in [0.2, 0.25) is 0 Å². The van der Waals surface area contributed by atoms with E-state index >= 15 is 0 Å². The van der Waals surface area contributed by atoms with Crippen LogP contribution in [0.4, 0.5) is 0 Å². The minimum absolute atomic E-state index is 0.271. The number of pyridine rings is 1. The number of hydrogen-bond donors (Lipinski definition) is 0. The van der Waals surface area contributed by atoms with E-state index in [0.29, 0.717) is 39.4 Å². The third-order valence-electron chi connectivity index (χ3n) is 4.64. The van der Waals surface area contributed by atoms with Crippen molar-refractivity contribution in [3.63, 3.8) is 0 Å². The Morgan fingerprint density at radius 2 is 1.55 bits per heavy atom. The van der Waals surface area contributed by atoms with Crippen molar-refractivity contribution < 1.29 is 33.3 Å². The second-order valence-corrected chi connectivity index (χ2v) is 8.15. The maximum absolute atomic E-state index is 12.9. The zero-order valence-electron chi connectivity index (χ0n) is 19.6. The van der Waals surface area contributed by atoms with E-state index in [1.807, 2.05) is 6.07 Å². The van der Waals surface area contributed by atoms with Crippen molar-refractivity contribution >= 4 is 22.8 Å². The molecule has 0 unspecified atom stereocenters. The Morgan fingerprint density at radius 3 is 2.12 bits per heavy atom. The van der Waals surface area contributed by atoms with Gasteiger partial charge in [0.25, 0.3) is 0 Å². The molecular formula is C25H27NO7. The molecule has 0 aliphatic carbocycles. The van der Waals surface area contributed by atoms with Gasteiger partial charge in [-0.15, -0.1) is 0 Å². The molecule has 0 saturated heterocycles. The van der Waals surface area contributed by atoms with E-state index in [1.54, 1.807) is 57.2 Å². The molecule has 0 amide bonds. The Hall–Kier alpha value is -3.81. The summed E-state index contributed by atoms with van der Waals surface area (Å²) < 4.78 is 26.7. The molecule has 0 aliphatic heterocycles. The van der Waals surface area contributed by atoms with E-state index in [4.69, 9.17) is 23.7 Å². The van der Waals surface area contributed by atoms with Crippen LogP contribution in [0.1, 0.15) is 31.1 Å². The third kappa shape index (κ3) is 5.52. The molecule has 0 radical (unpaired) electrons. The van der Waals surface area contributed by atoms with Crippen LogP contribution in [0.25, 0.3) is 22.2 Å². The van der Waals surface area contributed by atoms with Gasteiger partial charge >= 0.3 is 11.9 Å². The van der Waals surface area contributed by atoms with Crippen LogP contribution >= 0.6 is 0 Å². The molecule has 0 aliphatic rings. The molecule has 2 aromatic carbocycles. The number of benzene rings is 2. The zero-order valence-corrected chi connectivity index (χ0v) is 19.6. The van der Waals surface area contributed by atoms with Gasteiger partial charge < -0.3 is 23.7 Å². The molecule has 0 atom stereocenters. The van der Waals surface area contributed by atoms with Crippen molar-refractivity contribution in [2.75, 3.05) is 27.9 Å².